The average Bonchev–Trinajstić information content (AvgIpc) is 2.94. The molecule has 5 nitrogen and oxygen atoms in total. The van der Waals surface area contributed by atoms with E-state index >= 15 is 0 Å². The highest BCUT2D eigenvalue weighted by molar-refractivity contribution is 9.10. The quantitative estimate of drug-likeness (QED) is 0.643. The molecule has 6 heteroatoms. The summed E-state index contributed by atoms with van der Waals surface area (Å²) in [5.41, 5.74) is 3.38. The predicted molar refractivity (Wildman–Crippen MR) is 108 cm³/mol. The van der Waals surface area contributed by atoms with E-state index in [1.54, 1.807) is 12.4 Å². The molecule has 1 amide bonds. The van der Waals surface area contributed by atoms with Crippen molar-refractivity contribution in [2.24, 2.45) is 0 Å². The number of rotatable bonds is 3. The number of carbonyl (C=O) groups is 1. The van der Waals surface area contributed by atoms with E-state index in [9.17, 15) is 4.79 Å². The summed E-state index contributed by atoms with van der Waals surface area (Å²) in [7, 11) is 0. The Balaban J connectivity index is 1.67. The first-order chi connectivity index (χ1) is 13.3. The molecule has 1 fully saturated rings. The number of pyridine rings is 1. The fraction of sp³-hybridized carbons (Fsp3) is 0.286. The third kappa shape index (κ3) is 3.67. The maximum absolute atomic E-state index is 13.4. The van der Waals surface area contributed by atoms with Crippen LogP contribution >= 0.6 is 15.9 Å². The molecule has 2 aromatic heterocycles. The third-order valence-corrected chi connectivity index (χ3v) is 5.84. The van der Waals surface area contributed by atoms with Crippen LogP contribution in [0.2, 0.25) is 0 Å². The van der Waals surface area contributed by atoms with Gasteiger partial charge < -0.3 is 4.90 Å². The second kappa shape index (κ2) is 8.05. The van der Waals surface area contributed by atoms with E-state index in [2.05, 4.69) is 31.1 Å². The first-order valence-electron chi connectivity index (χ1n) is 9.26. The number of hydrogen-bond donors (Lipinski definition) is 1. The van der Waals surface area contributed by atoms with Crippen molar-refractivity contribution in [3.63, 3.8) is 0 Å². The lowest BCUT2D eigenvalue weighted by Crippen LogP contribution is -2.35. The molecule has 0 unspecified atom stereocenters. The largest absolute Gasteiger partial charge is 0.330 e. The van der Waals surface area contributed by atoms with Gasteiger partial charge in [0.15, 0.2) is 0 Å². The van der Waals surface area contributed by atoms with Gasteiger partial charge in [-0.05, 0) is 46.5 Å². The van der Waals surface area contributed by atoms with Crippen molar-refractivity contribution >= 4 is 21.8 Å². The summed E-state index contributed by atoms with van der Waals surface area (Å²) in [6.45, 7) is 0.748. The minimum absolute atomic E-state index is 0.0136. The van der Waals surface area contributed by atoms with Crippen LogP contribution in [0.1, 0.15) is 47.8 Å². The molecule has 0 bridgehead atoms. The van der Waals surface area contributed by atoms with E-state index in [4.69, 9.17) is 0 Å². The van der Waals surface area contributed by atoms with Gasteiger partial charge in [-0.15, -0.1) is 0 Å². The van der Waals surface area contributed by atoms with Crippen LogP contribution in [0.4, 0.5) is 0 Å². The fourth-order valence-electron chi connectivity index (χ4n) is 3.68. The molecule has 1 saturated heterocycles. The SMILES string of the molecule is O=C(c1[nH]nc(-c2ccccc2)c1Br)N1CCCCC[C@H]1c1ccncc1. The summed E-state index contributed by atoms with van der Waals surface area (Å²) in [6, 6.07) is 14.0. The fourth-order valence-corrected chi connectivity index (χ4v) is 4.26. The van der Waals surface area contributed by atoms with Gasteiger partial charge in [-0.2, -0.15) is 5.10 Å². The second-order valence-electron chi connectivity index (χ2n) is 6.77. The molecule has 3 heterocycles. The highest BCUT2D eigenvalue weighted by Gasteiger charge is 2.30. The van der Waals surface area contributed by atoms with Crippen molar-refractivity contribution in [3.05, 3.63) is 70.6 Å². The summed E-state index contributed by atoms with van der Waals surface area (Å²) in [5.74, 6) is -0.0136. The number of amides is 1. The molecule has 3 aromatic rings. The number of hydrogen-bond acceptors (Lipinski definition) is 3. The summed E-state index contributed by atoms with van der Waals surface area (Å²) in [6.07, 6.45) is 7.84. The van der Waals surface area contributed by atoms with Gasteiger partial charge in [-0.1, -0.05) is 43.2 Å². The van der Waals surface area contributed by atoms with Crippen LogP contribution in [0, 0.1) is 0 Å². The molecule has 0 radical (unpaired) electrons. The number of carbonyl (C=O) groups excluding carboxylic acids is 1. The Morgan fingerprint density at radius 1 is 1.07 bits per heavy atom. The van der Waals surface area contributed by atoms with Gasteiger partial charge in [0.05, 0.1) is 10.5 Å². The molecule has 138 valence electrons. The number of aromatic amines is 1. The molecule has 4 rings (SSSR count). The Morgan fingerprint density at radius 3 is 2.63 bits per heavy atom. The van der Waals surface area contributed by atoms with Gasteiger partial charge in [0.25, 0.3) is 5.91 Å². The van der Waals surface area contributed by atoms with E-state index in [0.29, 0.717) is 5.69 Å². The summed E-state index contributed by atoms with van der Waals surface area (Å²) in [5, 5.41) is 7.36. The van der Waals surface area contributed by atoms with Gasteiger partial charge in [0.1, 0.15) is 11.4 Å². The molecule has 1 atom stereocenters. The molecule has 0 aliphatic carbocycles. The van der Waals surface area contributed by atoms with Crippen LogP contribution in [0.5, 0.6) is 0 Å². The Bertz CT molecular complexity index is 910. The zero-order chi connectivity index (χ0) is 18.6. The van der Waals surface area contributed by atoms with Crippen LogP contribution < -0.4 is 0 Å². The summed E-state index contributed by atoms with van der Waals surface area (Å²) in [4.78, 5) is 19.5. The number of H-pyrrole nitrogens is 1. The number of aromatic nitrogens is 3. The Kier molecular flexibility index (Phi) is 5.34. The van der Waals surface area contributed by atoms with Gasteiger partial charge in [-0.3, -0.25) is 14.9 Å². The van der Waals surface area contributed by atoms with E-state index in [0.717, 1.165) is 53.5 Å². The minimum atomic E-state index is -0.0136. The molecule has 1 N–H and O–H groups in total. The van der Waals surface area contributed by atoms with Gasteiger partial charge in [-0.25, -0.2) is 0 Å². The summed E-state index contributed by atoms with van der Waals surface area (Å²) < 4.78 is 0.719. The van der Waals surface area contributed by atoms with Crippen molar-refractivity contribution < 1.29 is 4.79 Å². The number of nitrogens with one attached hydrogen (secondary N) is 1. The van der Waals surface area contributed by atoms with E-state index in [-0.39, 0.29) is 11.9 Å². The lowest BCUT2D eigenvalue weighted by molar-refractivity contribution is 0.0673. The molecule has 0 saturated carbocycles. The topological polar surface area (TPSA) is 61.9 Å². The zero-order valence-corrected chi connectivity index (χ0v) is 16.5. The van der Waals surface area contributed by atoms with Crippen molar-refractivity contribution in [1.29, 1.82) is 0 Å². The van der Waals surface area contributed by atoms with Crippen LogP contribution in [0.3, 0.4) is 0 Å². The van der Waals surface area contributed by atoms with Gasteiger partial charge in [0, 0.05) is 24.5 Å². The Morgan fingerprint density at radius 2 is 1.85 bits per heavy atom. The van der Waals surface area contributed by atoms with Crippen LogP contribution in [0.25, 0.3) is 11.3 Å². The van der Waals surface area contributed by atoms with Crippen LogP contribution in [-0.2, 0) is 0 Å². The van der Waals surface area contributed by atoms with Crippen molar-refractivity contribution in [1.82, 2.24) is 20.1 Å². The minimum Gasteiger partial charge on any atom is -0.330 e. The smallest absolute Gasteiger partial charge is 0.273 e. The monoisotopic (exact) mass is 424 g/mol. The van der Waals surface area contributed by atoms with Gasteiger partial charge in [0.2, 0.25) is 0 Å². The first-order valence-corrected chi connectivity index (χ1v) is 10.0. The Labute approximate surface area is 167 Å². The van der Waals surface area contributed by atoms with E-state index < -0.39 is 0 Å². The lowest BCUT2D eigenvalue weighted by Gasteiger charge is -2.30. The molecular weight excluding hydrogens is 404 g/mol. The standard InChI is InChI=1S/C21H21BrN4O/c22-18-19(16-7-3-1-4-8-16)24-25-20(18)21(27)26-14-6-2-5-9-17(26)15-10-12-23-13-11-15/h1,3-4,7-8,10-13,17H,2,5-6,9,14H2,(H,24,25)/t17-/m0/s1. The highest BCUT2D eigenvalue weighted by atomic mass is 79.9. The number of benzene rings is 1. The van der Waals surface area contributed by atoms with Gasteiger partial charge >= 0.3 is 0 Å². The Hall–Kier alpha value is -2.47. The average molecular weight is 425 g/mol. The second-order valence-corrected chi connectivity index (χ2v) is 7.56. The van der Waals surface area contributed by atoms with Crippen molar-refractivity contribution in [2.45, 2.75) is 31.7 Å². The third-order valence-electron chi connectivity index (χ3n) is 5.07. The molecular formula is C21H21BrN4O. The van der Waals surface area contributed by atoms with E-state index in [1.165, 1.54) is 0 Å². The normalized spacial score (nSPS) is 17.5. The number of likely N-dealkylation sites (tertiary alicyclic amines) is 1. The number of nitrogens with zero attached hydrogens (tertiary/aromatic N) is 3. The highest BCUT2D eigenvalue weighted by Crippen LogP contribution is 2.34. The number of halogens is 1. The maximum Gasteiger partial charge on any atom is 0.273 e. The summed E-state index contributed by atoms with van der Waals surface area (Å²) >= 11 is 3.60. The van der Waals surface area contributed by atoms with E-state index in [1.807, 2.05) is 47.4 Å². The molecule has 0 spiro atoms. The molecule has 1 aliphatic rings. The zero-order valence-electron chi connectivity index (χ0n) is 14.9. The first kappa shape index (κ1) is 17.9. The van der Waals surface area contributed by atoms with Crippen molar-refractivity contribution in [2.75, 3.05) is 6.54 Å². The predicted octanol–water partition coefficient (Wildman–Crippen LogP) is 4.99. The lowest BCUT2D eigenvalue weighted by atomic mass is 10.0. The van der Waals surface area contributed by atoms with Crippen LogP contribution in [-0.4, -0.2) is 32.5 Å². The molecule has 27 heavy (non-hydrogen) atoms. The van der Waals surface area contributed by atoms with Crippen molar-refractivity contribution in [3.8, 4) is 11.3 Å². The maximum atomic E-state index is 13.4. The molecule has 1 aliphatic heterocycles. The molecule has 1 aromatic carbocycles. The van der Waals surface area contributed by atoms with Crippen LogP contribution in [0.15, 0.2) is 59.3 Å².